The van der Waals surface area contributed by atoms with Crippen molar-refractivity contribution in [2.45, 2.75) is 66.2 Å². The predicted molar refractivity (Wildman–Crippen MR) is 130 cm³/mol. The van der Waals surface area contributed by atoms with Gasteiger partial charge in [0.1, 0.15) is 5.60 Å². The van der Waals surface area contributed by atoms with Gasteiger partial charge < -0.3 is 25.6 Å². The van der Waals surface area contributed by atoms with Crippen LogP contribution in [0.2, 0.25) is 0 Å². The van der Waals surface area contributed by atoms with Gasteiger partial charge in [-0.05, 0) is 57.7 Å². The smallest absolute Gasteiger partial charge is 0.407 e. The van der Waals surface area contributed by atoms with E-state index in [1.54, 1.807) is 13.1 Å². The fourth-order valence-corrected chi connectivity index (χ4v) is 3.12. The molecule has 0 saturated carbocycles. The molecule has 0 aliphatic heterocycles. The third-order valence-electron chi connectivity index (χ3n) is 4.83. The molecule has 0 aliphatic carbocycles. The number of rotatable bonds is 9. The summed E-state index contributed by atoms with van der Waals surface area (Å²) in [5.74, 6) is 0.934. The normalized spacial score (nSPS) is 12.8. The average molecular weight is 448 g/mol. The van der Waals surface area contributed by atoms with E-state index in [4.69, 9.17) is 4.74 Å². The maximum absolute atomic E-state index is 12.2. The molecule has 0 spiro atoms. The van der Waals surface area contributed by atoms with Crippen LogP contribution in [0.1, 0.15) is 63.9 Å². The second-order valence-corrected chi connectivity index (χ2v) is 9.17. The number of alkyl carbamates (subject to hydrolysis) is 1. The molecule has 1 aromatic rings. The zero-order valence-corrected chi connectivity index (χ0v) is 20.9. The number of ether oxygens (including phenoxy) is 1. The largest absolute Gasteiger partial charge is 0.444 e. The summed E-state index contributed by atoms with van der Waals surface area (Å²) in [7, 11) is 3.70. The highest BCUT2D eigenvalue weighted by molar-refractivity contribution is 5.94. The van der Waals surface area contributed by atoms with E-state index >= 15 is 0 Å². The van der Waals surface area contributed by atoms with E-state index in [2.05, 4.69) is 34.8 Å². The van der Waals surface area contributed by atoms with Gasteiger partial charge in [0.25, 0.3) is 5.91 Å². The van der Waals surface area contributed by atoms with E-state index in [1.165, 1.54) is 0 Å². The lowest BCUT2D eigenvalue weighted by Gasteiger charge is -2.28. The number of carbonyl (C=O) groups is 2. The Morgan fingerprint density at radius 2 is 1.88 bits per heavy atom. The summed E-state index contributed by atoms with van der Waals surface area (Å²) in [5.41, 5.74) is 1.11. The zero-order valence-electron chi connectivity index (χ0n) is 20.9. The van der Waals surface area contributed by atoms with Gasteiger partial charge in [0, 0.05) is 45.3 Å². The molecule has 0 aliphatic rings. The summed E-state index contributed by atoms with van der Waals surface area (Å²) in [6.07, 6.45) is 0.356. The first kappa shape index (κ1) is 27.3. The molecule has 32 heavy (non-hydrogen) atoms. The summed E-state index contributed by atoms with van der Waals surface area (Å²) in [5, 5.41) is 9.14. The second kappa shape index (κ2) is 12.9. The monoisotopic (exact) mass is 447 g/mol. The SMILES string of the molecule is CCNC(=O)c1cccc(CNC(=NC)N(C)CCC(NC(=O)OC(C)(C)C)C(C)C)c1. The molecule has 0 saturated heterocycles. The lowest BCUT2D eigenvalue weighted by Crippen LogP contribution is -2.45. The van der Waals surface area contributed by atoms with Gasteiger partial charge >= 0.3 is 6.09 Å². The molecule has 0 bridgehead atoms. The molecule has 1 rings (SSSR count). The van der Waals surface area contributed by atoms with Crippen LogP contribution < -0.4 is 16.0 Å². The zero-order chi connectivity index (χ0) is 24.3. The van der Waals surface area contributed by atoms with Crippen molar-refractivity contribution in [3.63, 3.8) is 0 Å². The standard InChI is InChI=1S/C24H41N5O3/c1-9-26-21(30)19-12-10-11-18(15-19)16-27-22(25-7)29(8)14-13-20(17(2)3)28-23(31)32-24(4,5)6/h10-12,15,17,20H,9,13-14,16H2,1-8H3,(H,25,27)(H,26,30)(H,28,31). The van der Waals surface area contributed by atoms with Gasteiger partial charge in [0.15, 0.2) is 5.96 Å². The Bertz CT molecular complexity index is 771. The molecule has 1 aromatic carbocycles. The molecule has 0 fully saturated rings. The number of hydrogen-bond acceptors (Lipinski definition) is 4. The minimum atomic E-state index is -0.525. The molecule has 0 aromatic heterocycles. The van der Waals surface area contributed by atoms with Crippen LogP contribution in [-0.4, -0.2) is 61.7 Å². The minimum absolute atomic E-state index is 0.0147. The van der Waals surface area contributed by atoms with Crippen molar-refractivity contribution in [3.05, 3.63) is 35.4 Å². The molecule has 1 atom stereocenters. The quantitative estimate of drug-likeness (QED) is 0.398. The van der Waals surface area contributed by atoms with Crippen LogP contribution in [0.5, 0.6) is 0 Å². The van der Waals surface area contributed by atoms with Gasteiger partial charge in [-0.25, -0.2) is 4.79 Å². The van der Waals surface area contributed by atoms with Crippen LogP contribution >= 0.6 is 0 Å². The first-order chi connectivity index (χ1) is 15.0. The van der Waals surface area contributed by atoms with Crippen molar-refractivity contribution in [1.29, 1.82) is 0 Å². The van der Waals surface area contributed by atoms with E-state index in [0.717, 1.165) is 17.9 Å². The lowest BCUT2D eigenvalue weighted by molar-refractivity contribution is 0.0485. The van der Waals surface area contributed by atoms with E-state index in [0.29, 0.717) is 25.2 Å². The molecule has 3 N–H and O–H groups in total. The number of benzene rings is 1. The van der Waals surface area contributed by atoms with Gasteiger partial charge in [-0.1, -0.05) is 26.0 Å². The summed E-state index contributed by atoms with van der Waals surface area (Å²) in [6, 6.07) is 7.52. The minimum Gasteiger partial charge on any atom is -0.444 e. The third kappa shape index (κ3) is 10.0. The molecule has 8 nitrogen and oxygen atoms in total. The Kier molecular flexibility index (Phi) is 11.0. The molecule has 0 heterocycles. The van der Waals surface area contributed by atoms with Gasteiger partial charge in [0.2, 0.25) is 0 Å². The lowest BCUT2D eigenvalue weighted by atomic mass is 10.0. The Labute approximate surface area is 193 Å². The number of amides is 2. The van der Waals surface area contributed by atoms with Crippen molar-refractivity contribution in [2.24, 2.45) is 10.9 Å². The topological polar surface area (TPSA) is 95.1 Å². The van der Waals surface area contributed by atoms with E-state index in [-0.39, 0.29) is 17.9 Å². The summed E-state index contributed by atoms with van der Waals surface area (Å²) < 4.78 is 5.39. The maximum atomic E-state index is 12.2. The van der Waals surface area contributed by atoms with Crippen LogP contribution in [0.25, 0.3) is 0 Å². The number of nitrogens with zero attached hydrogens (tertiary/aromatic N) is 2. The molecular formula is C24H41N5O3. The maximum Gasteiger partial charge on any atom is 0.407 e. The highest BCUT2D eigenvalue weighted by atomic mass is 16.6. The van der Waals surface area contributed by atoms with Crippen molar-refractivity contribution in [2.75, 3.05) is 27.2 Å². The Balaban J connectivity index is 2.64. The fourth-order valence-electron chi connectivity index (χ4n) is 3.12. The van der Waals surface area contributed by atoms with Crippen LogP contribution in [0.4, 0.5) is 4.79 Å². The first-order valence-electron chi connectivity index (χ1n) is 11.2. The Morgan fingerprint density at radius 3 is 2.44 bits per heavy atom. The van der Waals surface area contributed by atoms with Gasteiger partial charge in [-0.2, -0.15) is 0 Å². The molecule has 2 amide bonds. The Morgan fingerprint density at radius 1 is 1.19 bits per heavy atom. The Hall–Kier alpha value is -2.77. The third-order valence-corrected chi connectivity index (χ3v) is 4.83. The van der Waals surface area contributed by atoms with E-state index < -0.39 is 11.7 Å². The van der Waals surface area contributed by atoms with E-state index in [1.807, 2.05) is 57.8 Å². The van der Waals surface area contributed by atoms with Crippen LogP contribution in [0, 0.1) is 5.92 Å². The molecule has 180 valence electrons. The van der Waals surface area contributed by atoms with Crippen molar-refractivity contribution >= 4 is 18.0 Å². The van der Waals surface area contributed by atoms with Crippen LogP contribution in [0.15, 0.2) is 29.3 Å². The summed E-state index contributed by atoms with van der Waals surface area (Å²) in [6.45, 7) is 13.5. The van der Waals surface area contributed by atoms with Crippen LogP contribution in [0.3, 0.4) is 0 Å². The van der Waals surface area contributed by atoms with Crippen LogP contribution in [-0.2, 0) is 11.3 Å². The number of hydrogen-bond donors (Lipinski definition) is 3. The number of carbonyl (C=O) groups excluding carboxylic acids is 2. The van der Waals surface area contributed by atoms with Gasteiger partial charge in [-0.15, -0.1) is 0 Å². The van der Waals surface area contributed by atoms with Gasteiger partial charge in [-0.3, -0.25) is 9.79 Å². The highest BCUT2D eigenvalue weighted by Crippen LogP contribution is 2.11. The van der Waals surface area contributed by atoms with Crippen molar-refractivity contribution in [1.82, 2.24) is 20.9 Å². The number of nitrogens with one attached hydrogen (secondary N) is 3. The number of aliphatic imine (C=N–C) groups is 1. The fraction of sp³-hybridized carbons (Fsp3) is 0.625. The average Bonchev–Trinajstić information content (AvgIpc) is 2.70. The van der Waals surface area contributed by atoms with Crippen molar-refractivity contribution in [3.8, 4) is 0 Å². The summed E-state index contributed by atoms with van der Waals surface area (Å²) >= 11 is 0. The van der Waals surface area contributed by atoms with Crippen molar-refractivity contribution < 1.29 is 14.3 Å². The van der Waals surface area contributed by atoms with Gasteiger partial charge in [0.05, 0.1) is 0 Å². The molecular weight excluding hydrogens is 406 g/mol. The number of guanidine groups is 1. The first-order valence-corrected chi connectivity index (χ1v) is 11.2. The predicted octanol–water partition coefficient (Wildman–Crippen LogP) is 3.38. The van der Waals surface area contributed by atoms with E-state index in [9.17, 15) is 9.59 Å². The molecule has 8 heteroatoms. The highest BCUT2D eigenvalue weighted by Gasteiger charge is 2.22. The second-order valence-electron chi connectivity index (χ2n) is 9.17. The summed E-state index contributed by atoms with van der Waals surface area (Å²) in [4.78, 5) is 30.6. The molecule has 1 unspecified atom stereocenters. The molecule has 0 radical (unpaired) electrons.